The van der Waals surface area contributed by atoms with E-state index >= 15 is 0 Å². The zero-order chi connectivity index (χ0) is 10.1. The zero-order valence-electron chi connectivity index (χ0n) is 7.40. The predicted molar refractivity (Wildman–Crippen MR) is 55.3 cm³/mol. The van der Waals surface area contributed by atoms with E-state index in [9.17, 15) is 4.79 Å². The lowest BCUT2D eigenvalue weighted by molar-refractivity contribution is -0.140. The quantitative estimate of drug-likeness (QED) is 0.771. The minimum absolute atomic E-state index is 0.399. The van der Waals surface area contributed by atoms with Crippen LogP contribution in [0, 0.1) is 5.92 Å². The molecule has 0 heterocycles. The third-order valence-corrected chi connectivity index (χ3v) is 2.61. The molecule has 0 amide bonds. The molecule has 3 heteroatoms. The Morgan fingerprint density at radius 1 is 1.50 bits per heavy atom. The van der Waals surface area contributed by atoms with Gasteiger partial charge in [0.2, 0.25) is 0 Å². The Kier molecular flexibility index (Phi) is 2.30. The zero-order valence-corrected chi connectivity index (χ0v) is 8.16. The molecule has 0 radical (unpaired) electrons. The Balaban J connectivity index is 2.36. The number of carboxylic acid groups (broad SMARTS) is 1. The highest BCUT2D eigenvalue weighted by atomic mass is 35.5. The number of benzene rings is 1. The molecule has 1 aliphatic carbocycles. The summed E-state index contributed by atoms with van der Waals surface area (Å²) in [6.07, 6.45) is 4.09. The Morgan fingerprint density at radius 3 is 3.00 bits per heavy atom. The number of hydrogen-bond acceptors (Lipinski definition) is 1. The van der Waals surface area contributed by atoms with E-state index in [2.05, 4.69) is 0 Å². The van der Waals surface area contributed by atoms with Crippen LogP contribution >= 0.6 is 11.6 Å². The number of aliphatic carboxylic acids is 1. The standard InChI is InChI=1S/C11H9ClO2/c12-10-4-3-7-5-9(11(13)14)2-1-8(7)6-10/h1-4,6,9H,5H2,(H,13,14). The maximum Gasteiger partial charge on any atom is 0.310 e. The van der Waals surface area contributed by atoms with Crippen molar-refractivity contribution in [3.05, 3.63) is 40.4 Å². The monoisotopic (exact) mass is 208 g/mol. The third kappa shape index (κ3) is 1.66. The summed E-state index contributed by atoms with van der Waals surface area (Å²) < 4.78 is 0. The van der Waals surface area contributed by atoms with Crippen LogP contribution in [0.2, 0.25) is 5.02 Å². The Labute approximate surface area is 86.8 Å². The highest BCUT2D eigenvalue weighted by Gasteiger charge is 2.19. The van der Waals surface area contributed by atoms with Crippen molar-refractivity contribution in [3.8, 4) is 0 Å². The summed E-state index contributed by atoms with van der Waals surface area (Å²) in [5.41, 5.74) is 2.07. The number of rotatable bonds is 1. The molecule has 0 saturated carbocycles. The molecule has 0 bridgehead atoms. The van der Waals surface area contributed by atoms with Crippen LogP contribution in [0.5, 0.6) is 0 Å². The molecule has 0 fully saturated rings. The van der Waals surface area contributed by atoms with Crippen molar-refractivity contribution in [1.82, 2.24) is 0 Å². The van der Waals surface area contributed by atoms with E-state index in [0.29, 0.717) is 11.4 Å². The number of fused-ring (bicyclic) bond motifs is 1. The molecule has 2 rings (SSSR count). The molecule has 0 aliphatic heterocycles. The summed E-state index contributed by atoms with van der Waals surface area (Å²) >= 11 is 5.83. The van der Waals surface area contributed by atoms with E-state index in [4.69, 9.17) is 16.7 Å². The van der Waals surface area contributed by atoms with Gasteiger partial charge < -0.3 is 5.11 Å². The van der Waals surface area contributed by atoms with Crippen LogP contribution in [0.1, 0.15) is 11.1 Å². The van der Waals surface area contributed by atoms with Crippen molar-refractivity contribution >= 4 is 23.6 Å². The van der Waals surface area contributed by atoms with E-state index in [0.717, 1.165) is 11.1 Å². The van der Waals surface area contributed by atoms with Crippen LogP contribution < -0.4 is 0 Å². The van der Waals surface area contributed by atoms with Gasteiger partial charge in [-0.2, -0.15) is 0 Å². The molecular weight excluding hydrogens is 200 g/mol. The maximum atomic E-state index is 10.8. The molecule has 0 aromatic heterocycles. The molecular formula is C11H9ClO2. The van der Waals surface area contributed by atoms with Gasteiger partial charge in [0.15, 0.2) is 0 Å². The van der Waals surface area contributed by atoms with E-state index in [1.54, 1.807) is 12.1 Å². The molecule has 1 aromatic rings. The lowest BCUT2D eigenvalue weighted by Crippen LogP contribution is -2.16. The first-order valence-electron chi connectivity index (χ1n) is 4.36. The summed E-state index contributed by atoms with van der Waals surface area (Å²) in [4.78, 5) is 10.8. The molecule has 1 N–H and O–H groups in total. The normalized spacial score (nSPS) is 19.1. The smallest absolute Gasteiger partial charge is 0.310 e. The van der Waals surface area contributed by atoms with Crippen LogP contribution in [-0.4, -0.2) is 11.1 Å². The number of hydrogen-bond donors (Lipinski definition) is 1. The minimum Gasteiger partial charge on any atom is -0.481 e. The Morgan fingerprint density at radius 2 is 2.29 bits per heavy atom. The lowest BCUT2D eigenvalue weighted by atomic mass is 9.90. The second-order valence-corrected chi connectivity index (χ2v) is 3.79. The summed E-state index contributed by atoms with van der Waals surface area (Å²) in [7, 11) is 0. The average Bonchev–Trinajstić information content (AvgIpc) is 2.16. The van der Waals surface area contributed by atoms with Gasteiger partial charge in [-0.1, -0.05) is 29.8 Å². The molecule has 1 aliphatic rings. The van der Waals surface area contributed by atoms with E-state index in [1.807, 2.05) is 18.2 Å². The van der Waals surface area contributed by atoms with Gasteiger partial charge in [0.1, 0.15) is 0 Å². The molecule has 0 saturated heterocycles. The van der Waals surface area contributed by atoms with Crippen LogP contribution in [0.15, 0.2) is 24.3 Å². The number of carboxylic acids is 1. The number of carbonyl (C=O) groups is 1. The highest BCUT2D eigenvalue weighted by Crippen LogP contribution is 2.25. The van der Waals surface area contributed by atoms with Gasteiger partial charge in [0, 0.05) is 5.02 Å². The largest absolute Gasteiger partial charge is 0.481 e. The van der Waals surface area contributed by atoms with Crippen LogP contribution in [-0.2, 0) is 11.2 Å². The highest BCUT2D eigenvalue weighted by molar-refractivity contribution is 6.30. The Hall–Kier alpha value is -1.28. The van der Waals surface area contributed by atoms with Gasteiger partial charge >= 0.3 is 5.97 Å². The molecule has 72 valence electrons. The fourth-order valence-electron chi connectivity index (χ4n) is 1.60. The first-order chi connectivity index (χ1) is 6.66. The van der Waals surface area contributed by atoms with Crippen LogP contribution in [0.25, 0.3) is 6.08 Å². The SMILES string of the molecule is O=C(O)C1C=Cc2cc(Cl)ccc2C1. The molecule has 2 nitrogen and oxygen atoms in total. The van der Waals surface area contributed by atoms with Crippen molar-refractivity contribution in [2.45, 2.75) is 6.42 Å². The van der Waals surface area contributed by atoms with E-state index in [-0.39, 0.29) is 0 Å². The van der Waals surface area contributed by atoms with Crippen molar-refractivity contribution < 1.29 is 9.90 Å². The van der Waals surface area contributed by atoms with Crippen LogP contribution in [0.4, 0.5) is 0 Å². The minimum atomic E-state index is -0.776. The summed E-state index contributed by atoms with van der Waals surface area (Å²) in [6, 6.07) is 5.53. The lowest BCUT2D eigenvalue weighted by Gasteiger charge is -2.15. The molecule has 1 aromatic carbocycles. The van der Waals surface area contributed by atoms with Gasteiger partial charge in [0.05, 0.1) is 5.92 Å². The third-order valence-electron chi connectivity index (χ3n) is 2.37. The van der Waals surface area contributed by atoms with Gasteiger partial charge in [-0.15, -0.1) is 0 Å². The fraction of sp³-hybridized carbons (Fsp3) is 0.182. The van der Waals surface area contributed by atoms with Crippen molar-refractivity contribution in [3.63, 3.8) is 0 Å². The summed E-state index contributed by atoms with van der Waals surface area (Å²) in [5, 5.41) is 9.52. The van der Waals surface area contributed by atoms with Gasteiger partial charge in [-0.3, -0.25) is 4.79 Å². The number of halogens is 1. The van der Waals surface area contributed by atoms with E-state index in [1.165, 1.54) is 0 Å². The second-order valence-electron chi connectivity index (χ2n) is 3.35. The first kappa shape index (κ1) is 9.28. The summed E-state index contributed by atoms with van der Waals surface area (Å²) in [6.45, 7) is 0. The summed E-state index contributed by atoms with van der Waals surface area (Å²) in [5.74, 6) is -1.18. The van der Waals surface area contributed by atoms with Crippen molar-refractivity contribution in [2.75, 3.05) is 0 Å². The molecule has 1 atom stereocenters. The van der Waals surface area contributed by atoms with Gasteiger partial charge in [0.25, 0.3) is 0 Å². The van der Waals surface area contributed by atoms with Gasteiger partial charge in [-0.25, -0.2) is 0 Å². The maximum absolute atomic E-state index is 10.8. The topological polar surface area (TPSA) is 37.3 Å². The fourth-order valence-corrected chi connectivity index (χ4v) is 1.78. The van der Waals surface area contributed by atoms with Gasteiger partial charge in [-0.05, 0) is 29.7 Å². The second kappa shape index (κ2) is 3.46. The van der Waals surface area contributed by atoms with Crippen LogP contribution in [0.3, 0.4) is 0 Å². The first-order valence-corrected chi connectivity index (χ1v) is 4.74. The average molecular weight is 209 g/mol. The predicted octanol–water partition coefficient (Wildman–Crippen LogP) is 2.61. The Bertz CT molecular complexity index is 410. The molecule has 14 heavy (non-hydrogen) atoms. The molecule has 1 unspecified atom stereocenters. The van der Waals surface area contributed by atoms with Crippen molar-refractivity contribution in [2.24, 2.45) is 5.92 Å². The van der Waals surface area contributed by atoms with E-state index < -0.39 is 11.9 Å². The molecule has 0 spiro atoms. The van der Waals surface area contributed by atoms with Crippen molar-refractivity contribution in [1.29, 1.82) is 0 Å².